The molecule has 4 aliphatic rings. The molecule has 0 radical (unpaired) electrons. The summed E-state index contributed by atoms with van der Waals surface area (Å²) in [6.07, 6.45) is 10.8. The topological polar surface area (TPSA) is 50.8 Å². The molecule has 5 heteroatoms. The van der Waals surface area contributed by atoms with Crippen LogP contribution in [0, 0.1) is 5.92 Å². The lowest BCUT2D eigenvalue weighted by atomic mass is 9.81. The number of ether oxygens (including phenoxy) is 2. The smallest absolute Gasteiger partial charge is 0.223 e. The average molecular weight is 413 g/mol. The second-order valence-electron chi connectivity index (χ2n) is 9.68. The van der Waals surface area contributed by atoms with Gasteiger partial charge in [0.1, 0.15) is 0 Å². The molecule has 2 aliphatic heterocycles. The number of hydrogen-bond acceptors (Lipinski definition) is 4. The van der Waals surface area contributed by atoms with Gasteiger partial charge in [0, 0.05) is 44.8 Å². The summed E-state index contributed by atoms with van der Waals surface area (Å²) in [5.74, 6) is 0.305. The fraction of sp³-hybridized carbons (Fsp3) is 0.720. The van der Waals surface area contributed by atoms with E-state index in [9.17, 15) is 4.79 Å². The maximum absolute atomic E-state index is 12.5. The molecule has 0 unspecified atom stereocenters. The predicted octanol–water partition coefficient (Wildman–Crippen LogP) is 3.23. The number of rotatable bonds is 6. The van der Waals surface area contributed by atoms with E-state index < -0.39 is 0 Å². The largest absolute Gasteiger partial charge is 0.381 e. The van der Waals surface area contributed by atoms with Crippen molar-refractivity contribution >= 4 is 5.91 Å². The molecule has 5 rings (SSSR count). The Morgan fingerprint density at radius 1 is 1.03 bits per heavy atom. The van der Waals surface area contributed by atoms with Gasteiger partial charge in [0.05, 0.1) is 12.2 Å². The van der Waals surface area contributed by atoms with Gasteiger partial charge in [0.25, 0.3) is 0 Å². The molecular weight excluding hydrogens is 376 g/mol. The Morgan fingerprint density at radius 2 is 1.80 bits per heavy atom. The maximum atomic E-state index is 12.5. The first-order valence-electron chi connectivity index (χ1n) is 12.1. The number of nitrogens with zero attached hydrogens (tertiary/aromatic N) is 1. The Hall–Kier alpha value is -1.43. The van der Waals surface area contributed by atoms with Gasteiger partial charge in [-0.15, -0.1) is 0 Å². The van der Waals surface area contributed by atoms with Gasteiger partial charge < -0.3 is 14.8 Å². The number of carbonyl (C=O) groups is 1. The molecule has 5 nitrogen and oxygen atoms in total. The average Bonchev–Trinajstić information content (AvgIpc) is 2.90. The third kappa shape index (κ3) is 4.74. The minimum atomic E-state index is 0.117. The van der Waals surface area contributed by atoms with Crippen LogP contribution in [0.2, 0.25) is 0 Å². The Balaban J connectivity index is 1.06. The number of benzene rings is 1. The van der Waals surface area contributed by atoms with E-state index in [0.717, 1.165) is 57.8 Å². The lowest BCUT2D eigenvalue weighted by Crippen LogP contribution is -2.44. The SMILES string of the molecule is O=C(NCc1ccc2c(c1)CCN(C1CCC1)CC2)[C@H]1C[C@@H](OC2CCOCC2)C1. The molecule has 1 amide bonds. The van der Waals surface area contributed by atoms with Crippen molar-refractivity contribution in [2.45, 2.75) is 82.6 Å². The van der Waals surface area contributed by atoms with Gasteiger partial charge >= 0.3 is 0 Å². The van der Waals surface area contributed by atoms with Crippen LogP contribution in [-0.4, -0.2) is 55.4 Å². The molecule has 0 atom stereocenters. The van der Waals surface area contributed by atoms with Crippen LogP contribution in [0.4, 0.5) is 0 Å². The van der Waals surface area contributed by atoms with Crippen molar-refractivity contribution < 1.29 is 14.3 Å². The van der Waals surface area contributed by atoms with Gasteiger partial charge in [-0.2, -0.15) is 0 Å². The molecule has 1 N–H and O–H groups in total. The van der Waals surface area contributed by atoms with Crippen molar-refractivity contribution in [2.24, 2.45) is 5.92 Å². The van der Waals surface area contributed by atoms with Crippen molar-refractivity contribution in [3.63, 3.8) is 0 Å². The molecular formula is C25H36N2O3. The lowest BCUT2D eigenvalue weighted by molar-refractivity contribution is -0.142. The Kier molecular flexibility index (Phi) is 6.40. The molecule has 164 valence electrons. The van der Waals surface area contributed by atoms with Crippen LogP contribution < -0.4 is 5.32 Å². The summed E-state index contributed by atoms with van der Waals surface area (Å²) in [6, 6.07) is 7.66. The van der Waals surface area contributed by atoms with Crippen LogP contribution >= 0.6 is 0 Å². The van der Waals surface area contributed by atoms with E-state index in [1.54, 1.807) is 0 Å². The number of fused-ring (bicyclic) bond motifs is 1. The fourth-order valence-electron chi connectivity index (χ4n) is 5.33. The first kappa shape index (κ1) is 20.5. The normalized spacial score (nSPS) is 28.1. The van der Waals surface area contributed by atoms with Gasteiger partial charge in [-0.1, -0.05) is 24.6 Å². The fourth-order valence-corrected chi connectivity index (χ4v) is 5.33. The first-order valence-corrected chi connectivity index (χ1v) is 12.1. The summed E-state index contributed by atoms with van der Waals surface area (Å²) >= 11 is 0. The molecule has 2 aliphatic carbocycles. The van der Waals surface area contributed by atoms with E-state index in [-0.39, 0.29) is 17.9 Å². The Labute approximate surface area is 180 Å². The summed E-state index contributed by atoms with van der Waals surface area (Å²) < 4.78 is 11.5. The highest BCUT2D eigenvalue weighted by molar-refractivity contribution is 5.79. The Morgan fingerprint density at radius 3 is 2.53 bits per heavy atom. The number of carbonyl (C=O) groups excluding carboxylic acids is 1. The van der Waals surface area contributed by atoms with E-state index >= 15 is 0 Å². The lowest BCUT2D eigenvalue weighted by Gasteiger charge is -2.37. The van der Waals surface area contributed by atoms with Gasteiger partial charge in [0.15, 0.2) is 0 Å². The second kappa shape index (κ2) is 9.37. The second-order valence-corrected chi connectivity index (χ2v) is 9.68. The van der Waals surface area contributed by atoms with Gasteiger partial charge in [0.2, 0.25) is 5.91 Å². The molecule has 1 saturated heterocycles. The third-order valence-corrected chi connectivity index (χ3v) is 7.68. The summed E-state index contributed by atoms with van der Waals surface area (Å²) in [5.41, 5.74) is 4.21. The van der Waals surface area contributed by atoms with E-state index in [1.165, 1.54) is 49.0 Å². The van der Waals surface area contributed by atoms with Crippen molar-refractivity contribution in [1.29, 1.82) is 0 Å². The van der Waals surface area contributed by atoms with Crippen molar-refractivity contribution in [3.8, 4) is 0 Å². The van der Waals surface area contributed by atoms with Crippen LogP contribution in [-0.2, 0) is 33.7 Å². The Bertz CT molecular complexity index is 736. The zero-order chi connectivity index (χ0) is 20.3. The zero-order valence-electron chi connectivity index (χ0n) is 18.1. The highest BCUT2D eigenvalue weighted by Gasteiger charge is 2.36. The first-order chi connectivity index (χ1) is 14.7. The van der Waals surface area contributed by atoms with Crippen molar-refractivity contribution in [2.75, 3.05) is 26.3 Å². The molecule has 2 saturated carbocycles. The van der Waals surface area contributed by atoms with Crippen LogP contribution in [0.5, 0.6) is 0 Å². The van der Waals surface area contributed by atoms with Crippen LogP contribution in [0.15, 0.2) is 18.2 Å². The van der Waals surface area contributed by atoms with E-state index in [1.807, 2.05) is 0 Å². The standard InChI is InChI=1S/C25H36N2O3/c28-25(21-15-24(16-21)30-23-8-12-29-13-9-23)26-17-18-4-5-19-6-10-27(22-2-1-3-22)11-7-20(19)14-18/h4-5,14,21-24H,1-3,6-13,15-17H2,(H,26,28)/t21-,24+. The molecule has 0 spiro atoms. The quantitative estimate of drug-likeness (QED) is 0.779. The molecule has 30 heavy (non-hydrogen) atoms. The minimum Gasteiger partial charge on any atom is -0.381 e. The summed E-state index contributed by atoms with van der Waals surface area (Å²) in [7, 11) is 0. The van der Waals surface area contributed by atoms with Gasteiger partial charge in [-0.3, -0.25) is 9.69 Å². The number of hydrogen-bond donors (Lipinski definition) is 1. The molecule has 3 fully saturated rings. The van der Waals surface area contributed by atoms with Crippen molar-refractivity contribution in [1.82, 2.24) is 10.2 Å². The molecule has 0 aromatic heterocycles. The molecule has 2 heterocycles. The minimum absolute atomic E-state index is 0.117. The monoisotopic (exact) mass is 412 g/mol. The van der Waals surface area contributed by atoms with Gasteiger partial charge in [-0.05, 0) is 68.1 Å². The predicted molar refractivity (Wildman–Crippen MR) is 116 cm³/mol. The number of nitrogens with one attached hydrogen (secondary N) is 1. The summed E-state index contributed by atoms with van der Waals surface area (Å²) in [5, 5.41) is 3.17. The zero-order valence-corrected chi connectivity index (χ0v) is 18.1. The summed E-state index contributed by atoms with van der Waals surface area (Å²) in [6.45, 7) is 4.64. The van der Waals surface area contributed by atoms with Gasteiger partial charge in [-0.25, -0.2) is 0 Å². The summed E-state index contributed by atoms with van der Waals surface area (Å²) in [4.78, 5) is 15.2. The van der Waals surface area contributed by atoms with E-state index in [2.05, 4.69) is 28.4 Å². The van der Waals surface area contributed by atoms with Crippen LogP contribution in [0.25, 0.3) is 0 Å². The molecule has 1 aromatic rings. The van der Waals surface area contributed by atoms with Crippen LogP contribution in [0.3, 0.4) is 0 Å². The van der Waals surface area contributed by atoms with E-state index in [0.29, 0.717) is 12.6 Å². The molecule has 1 aromatic carbocycles. The van der Waals surface area contributed by atoms with Crippen molar-refractivity contribution in [3.05, 3.63) is 34.9 Å². The third-order valence-electron chi connectivity index (χ3n) is 7.68. The maximum Gasteiger partial charge on any atom is 0.223 e. The van der Waals surface area contributed by atoms with E-state index in [4.69, 9.17) is 9.47 Å². The van der Waals surface area contributed by atoms with Crippen LogP contribution in [0.1, 0.15) is 61.6 Å². The molecule has 0 bridgehead atoms. The highest BCUT2D eigenvalue weighted by Crippen LogP contribution is 2.33. The highest BCUT2D eigenvalue weighted by atomic mass is 16.5. The number of amides is 1.